The van der Waals surface area contributed by atoms with E-state index in [0.717, 1.165) is 60.6 Å². The second kappa shape index (κ2) is 42.4. The number of thiophene rings is 8. The molecule has 10 heterocycles. The number of hydrogen-bond acceptors (Lipinski definition) is 14. The molecule has 0 fully saturated rings. The Labute approximate surface area is 791 Å². The summed E-state index contributed by atoms with van der Waals surface area (Å²) >= 11 is 18.7. The second-order valence-corrected chi connectivity index (χ2v) is 45.8. The van der Waals surface area contributed by atoms with Crippen LogP contribution in [-0.4, -0.2) is 17.5 Å². The highest BCUT2D eigenvalue weighted by molar-refractivity contribution is 7.35. The Morgan fingerprint density at radius 3 is 0.778 bits per heavy atom. The molecule has 126 heavy (non-hydrogen) atoms. The van der Waals surface area contributed by atoms with Crippen LogP contribution in [0.15, 0.2) is 182 Å². The summed E-state index contributed by atoms with van der Waals surface area (Å²) < 4.78 is 24.0. The van der Waals surface area contributed by atoms with Gasteiger partial charge in [0.15, 0.2) is 0 Å². The van der Waals surface area contributed by atoms with Crippen LogP contribution in [0, 0.1) is 0 Å². The molecule has 0 spiro atoms. The van der Waals surface area contributed by atoms with E-state index >= 15 is 0 Å². The summed E-state index contributed by atoms with van der Waals surface area (Å²) in [7, 11) is 0. The Balaban J connectivity index is 0.822. The molecule has 14 heteroatoms. The van der Waals surface area contributed by atoms with Crippen LogP contribution >= 0.6 is 114 Å². The van der Waals surface area contributed by atoms with Gasteiger partial charge < -0.3 is 0 Å². The molecule has 0 atom stereocenters. The highest BCUT2D eigenvalue weighted by atomic mass is 32.1. The van der Waals surface area contributed by atoms with Gasteiger partial charge in [-0.15, -0.1) is 90.7 Å². The van der Waals surface area contributed by atoms with Crippen LogP contribution in [0.2, 0.25) is 0 Å². The lowest BCUT2D eigenvalue weighted by Gasteiger charge is -2.34. The van der Waals surface area contributed by atoms with Crippen molar-refractivity contribution in [2.75, 3.05) is 0 Å². The maximum atomic E-state index is 5.32. The van der Waals surface area contributed by atoms with Gasteiger partial charge in [-0.1, -0.05) is 330 Å². The minimum atomic E-state index is -0.672. The van der Waals surface area contributed by atoms with Gasteiger partial charge in [0, 0.05) is 82.2 Å². The van der Waals surface area contributed by atoms with E-state index in [1.807, 2.05) is 68.0 Å². The molecule has 2 aliphatic carbocycles. The van der Waals surface area contributed by atoms with Gasteiger partial charge in [0.05, 0.1) is 63.2 Å². The Morgan fingerprint density at radius 2 is 0.468 bits per heavy atom. The van der Waals surface area contributed by atoms with Gasteiger partial charge in [0.25, 0.3) is 0 Å². The van der Waals surface area contributed by atoms with Gasteiger partial charge in [-0.2, -0.15) is 17.5 Å². The summed E-state index contributed by atoms with van der Waals surface area (Å²) in [6.45, 7) is 13.9. The van der Waals surface area contributed by atoms with Crippen molar-refractivity contribution in [2.45, 2.75) is 296 Å². The van der Waals surface area contributed by atoms with Crippen LogP contribution < -0.4 is 0 Å². The number of fused-ring (bicyclic) bond motifs is 11. The SMILES string of the molecule is CCCCCCCCc1ccc(C2(c3ccc(CCCCCCCC)cc3)c3cc(-c4ccc(-c5ccc(-c6ccc(CCCCCC)s6)s5)c5nsnc45)sc3-c3sc4c5c(sc4c32)-c2sc(-c3ccc(-c4ccc(-c6ccc(CCCCCC)s6)s4)c4nsnc34)cc2C5(c2ccc(CCCCCCCC)cc2)c2ccc(CCCCCCCC)cc2)cc1. The maximum Gasteiger partial charge on any atom is 0.114 e. The molecule has 2 aliphatic rings. The number of unbranched alkanes of at least 4 members (excludes halogenated alkanes) is 26. The molecule has 0 saturated heterocycles. The average Bonchev–Trinajstić information content (AvgIpc) is 1.48. The fourth-order valence-corrected chi connectivity index (χ4v) is 31.7. The van der Waals surface area contributed by atoms with Gasteiger partial charge in [0.1, 0.15) is 22.1 Å². The summed E-state index contributed by atoms with van der Waals surface area (Å²) in [4.78, 5) is 18.9. The lowest BCUT2D eigenvalue weighted by Crippen LogP contribution is -2.29. The van der Waals surface area contributed by atoms with Crippen molar-refractivity contribution >= 4 is 146 Å². The van der Waals surface area contributed by atoms with Crippen molar-refractivity contribution in [1.29, 1.82) is 0 Å². The summed E-state index contributed by atoms with van der Waals surface area (Å²) in [5.74, 6) is 0. The van der Waals surface area contributed by atoms with Crippen LogP contribution in [0.1, 0.15) is 324 Å². The minimum absolute atomic E-state index is 0.672. The number of hydrogen-bond donors (Lipinski definition) is 0. The van der Waals surface area contributed by atoms with Gasteiger partial charge in [0.2, 0.25) is 0 Å². The normalized spacial score (nSPS) is 13.2. The molecule has 18 rings (SSSR count). The quantitative estimate of drug-likeness (QED) is 0.0357. The first-order valence-corrected chi connectivity index (χ1v) is 56.4. The molecule has 0 saturated carbocycles. The molecule has 4 nitrogen and oxygen atoms in total. The zero-order valence-electron chi connectivity index (χ0n) is 75.1. The Hall–Kier alpha value is -7.18. The summed E-state index contributed by atoms with van der Waals surface area (Å²) in [6.07, 6.45) is 47.8. The Morgan fingerprint density at radius 1 is 0.214 bits per heavy atom. The van der Waals surface area contributed by atoms with Crippen molar-refractivity contribution < 1.29 is 0 Å². The van der Waals surface area contributed by atoms with E-state index in [9.17, 15) is 0 Å². The summed E-state index contributed by atoms with van der Waals surface area (Å²) in [6, 6.07) is 74.4. The molecule has 16 aromatic rings. The van der Waals surface area contributed by atoms with E-state index in [-0.39, 0.29) is 0 Å². The number of aromatic nitrogens is 4. The Kier molecular flexibility index (Phi) is 30.1. The molecule has 0 radical (unpaired) electrons. The fraction of sp³-hybridized carbons (Fsp3) is 0.411. The number of benzene rings is 6. The van der Waals surface area contributed by atoms with E-state index in [2.05, 4.69) is 246 Å². The van der Waals surface area contributed by atoms with Gasteiger partial charge in [-0.3, -0.25) is 0 Å². The largest absolute Gasteiger partial charge is 0.172 e. The predicted octanol–water partition coefficient (Wildman–Crippen LogP) is 37.9. The van der Waals surface area contributed by atoms with E-state index in [4.69, 9.17) is 17.5 Å². The van der Waals surface area contributed by atoms with Crippen molar-refractivity contribution in [1.82, 2.24) is 17.5 Å². The molecule has 652 valence electrons. The van der Waals surface area contributed by atoms with Crippen LogP contribution in [0.5, 0.6) is 0 Å². The molecule has 0 bridgehead atoms. The van der Waals surface area contributed by atoms with E-state index < -0.39 is 10.8 Å². The second-order valence-electron chi connectivity index (χ2n) is 36.1. The van der Waals surface area contributed by atoms with E-state index in [0.29, 0.717) is 0 Å². The number of aryl methyl sites for hydroxylation is 6. The maximum absolute atomic E-state index is 5.32. The van der Waals surface area contributed by atoms with Crippen LogP contribution in [0.25, 0.3) is 112 Å². The highest BCUT2D eigenvalue weighted by Gasteiger charge is 2.55. The van der Waals surface area contributed by atoms with Crippen LogP contribution in [0.4, 0.5) is 0 Å². The third-order valence-electron chi connectivity index (χ3n) is 27.2. The zero-order valence-corrected chi connectivity index (χ0v) is 83.2. The molecule has 0 N–H and O–H groups in total. The first-order valence-electron chi connectivity index (χ1n) is 48.4. The topological polar surface area (TPSA) is 51.6 Å². The third kappa shape index (κ3) is 18.5. The minimum Gasteiger partial charge on any atom is -0.172 e. The smallest absolute Gasteiger partial charge is 0.114 e. The lowest BCUT2D eigenvalue weighted by atomic mass is 9.67. The molecule has 0 amide bonds. The monoisotopic (exact) mass is 1840 g/mol. The van der Waals surface area contributed by atoms with Crippen LogP contribution in [0.3, 0.4) is 0 Å². The molecule has 0 unspecified atom stereocenters. The van der Waals surface area contributed by atoms with Gasteiger partial charge in [-0.25, -0.2) is 0 Å². The van der Waals surface area contributed by atoms with Crippen molar-refractivity contribution in [3.05, 3.63) is 259 Å². The lowest BCUT2D eigenvalue weighted by molar-refractivity contribution is 0.607. The summed E-state index contributed by atoms with van der Waals surface area (Å²) in [5.41, 5.74) is 24.1. The number of rotatable bonds is 48. The first kappa shape index (κ1) is 89.4. The first-order chi connectivity index (χ1) is 62.2. The molecular formula is C112H124N4S10. The highest BCUT2D eigenvalue weighted by Crippen LogP contribution is 2.71. The van der Waals surface area contributed by atoms with Crippen LogP contribution in [-0.2, 0) is 49.4 Å². The molecule has 0 aliphatic heterocycles. The fourth-order valence-electron chi connectivity index (χ4n) is 20.3. The Bertz CT molecular complexity index is 5730. The standard InChI is InChI=1S/C112H124N4S10/c1-7-13-19-25-29-33-39-75-45-53-79(54-46-75)111(80-55-47-76(48-56-80)40-34-30-26-20-14-8-2)89-73-97(87-65-63-85(101-103(87)115-125-113-101)91-69-71-95(119-91)93-67-61-83(117-93)43-37-23-17-11-5)121-105(89)107-99(111)109-110(123-107)100-108(124-109)106-90(112(100,81-57-49-77(50-58-81)41-35-31-27-21-15-9-3)82-59-51-78(52-60-82)42-36-32-28-22-16-10-4)74-98(122-106)88-66-64-86(102-104(88)116-126-114-102)92-70-72-96(120-92)94-68-62-84(118-94)44-38-24-18-12-6/h45-74H,7-44H2,1-6H3. The molecule has 10 aromatic heterocycles. The van der Waals surface area contributed by atoms with Crippen molar-refractivity contribution in [3.63, 3.8) is 0 Å². The van der Waals surface area contributed by atoms with Gasteiger partial charge in [-0.05, 0) is 193 Å². The average molecular weight is 1850 g/mol. The predicted molar refractivity (Wildman–Crippen MR) is 560 cm³/mol. The molecule has 6 aromatic carbocycles. The van der Waals surface area contributed by atoms with E-state index in [1.165, 1.54) is 396 Å². The van der Waals surface area contributed by atoms with Crippen molar-refractivity contribution in [2.24, 2.45) is 0 Å². The molecular weight excluding hydrogens is 1720 g/mol. The zero-order chi connectivity index (χ0) is 85.8. The van der Waals surface area contributed by atoms with E-state index in [1.54, 1.807) is 0 Å². The van der Waals surface area contributed by atoms with Crippen molar-refractivity contribution in [3.8, 4) is 80.8 Å². The van der Waals surface area contributed by atoms with Gasteiger partial charge >= 0.3 is 0 Å². The summed E-state index contributed by atoms with van der Waals surface area (Å²) in [5, 5.41) is 0. The third-order valence-corrected chi connectivity index (χ3v) is 38.4. The number of nitrogens with zero attached hydrogens (tertiary/aromatic N) is 4.